The van der Waals surface area contributed by atoms with Gasteiger partial charge >= 0.3 is 0 Å². The van der Waals surface area contributed by atoms with Crippen molar-refractivity contribution in [3.63, 3.8) is 0 Å². The summed E-state index contributed by atoms with van der Waals surface area (Å²) in [5.74, 6) is 0. The highest BCUT2D eigenvalue weighted by Crippen LogP contribution is 2.03. The Hall–Kier alpha value is -0.610. The number of hydrogen-bond acceptors (Lipinski definition) is 3. The second-order valence-electron chi connectivity index (χ2n) is 2.33. The van der Waals surface area contributed by atoms with E-state index < -0.39 is 0 Å². The molecule has 0 aliphatic heterocycles. The molecule has 1 aromatic rings. The van der Waals surface area contributed by atoms with Crippen molar-refractivity contribution in [3.05, 3.63) is 21.4 Å². The lowest BCUT2D eigenvalue weighted by Crippen LogP contribution is -2.14. The summed E-state index contributed by atoms with van der Waals surface area (Å²) < 4.78 is 1.55. The summed E-state index contributed by atoms with van der Waals surface area (Å²) in [6, 6.07) is 0. The maximum atomic E-state index is 7.51. The molecular weight excluding hydrogens is 194 g/mol. The molecule has 0 bridgehead atoms. The molecule has 1 heterocycles. The SMILES string of the molecule is C=C(Cl)Cn1nc(CC)sc1=N. The number of rotatable bonds is 3. The monoisotopic (exact) mass is 203 g/mol. The zero-order valence-electron chi connectivity index (χ0n) is 6.80. The number of nitrogens with one attached hydrogen (secondary N) is 1. The third-order valence-electron chi connectivity index (χ3n) is 1.30. The van der Waals surface area contributed by atoms with Crippen LogP contribution >= 0.6 is 22.9 Å². The van der Waals surface area contributed by atoms with E-state index in [1.807, 2.05) is 6.92 Å². The first-order valence-electron chi connectivity index (χ1n) is 3.58. The molecule has 1 rings (SSSR count). The van der Waals surface area contributed by atoms with Crippen LogP contribution in [0.4, 0.5) is 0 Å². The van der Waals surface area contributed by atoms with E-state index in [2.05, 4.69) is 11.7 Å². The van der Waals surface area contributed by atoms with Gasteiger partial charge in [0.15, 0.2) is 0 Å². The first-order valence-corrected chi connectivity index (χ1v) is 4.77. The molecule has 0 radical (unpaired) electrons. The van der Waals surface area contributed by atoms with E-state index >= 15 is 0 Å². The number of aryl methyl sites for hydroxylation is 1. The Morgan fingerprint density at radius 3 is 2.92 bits per heavy atom. The van der Waals surface area contributed by atoms with Gasteiger partial charge in [0.25, 0.3) is 0 Å². The summed E-state index contributed by atoms with van der Waals surface area (Å²) in [4.78, 5) is 0.425. The largest absolute Gasteiger partial charge is 0.274 e. The van der Waals surface area contributed by atoms with Crippen LogP contribution in [0, 0.1) is 5.41 Å². The summed E-state index contributed by atoms with van der Waals surface area (Å²) in [5.41, 5.74) is 0. The van der Waals surface area contributed by atoms with E-state index in [0.717, 1.165) is 11.4 Å². The summed E-state index contributed by atoms with van der Waals surface area (Å²) in [6.07, 6.45) is 0.859. The minimum atomic E-state index is 0.425. The van der Waals surface area contributed by atoms with Gasteiger partial charge in [0.2, 0.25) is 4.80 Å². The van der Waals surface area contributed by atoms with Crippen molar-refractivity contribution in [1.29, 1.82) is 5.41 Å². The van der Waals surface area contributed by atoms with Crippen molar-refractivity contribution in [2.75, 3.05) is 0 Å². The molecule has 0 aromatic carbocycles. The van der Waals surface area contributed by atoms with Gasteiger partial charge in [-0.3, -0.25) is 5.41 Å². The van der Waals surface area contributed by atoms with Gasteiger partial charge in [0.1, 0.15) is 5.01 Å². The van der Waals surface area contributed by atoms with Gasteiger partial charge in [-0.15, -0.1) is 0 Å². The second-order valence-corrected chi connectivity index (χ2v) is 3.93. The fourth-order valence-corrected chi connectivity index (χ4v) is 1.61. The van der Waals surface area contributed by atoms with Gasteiger partial charge in [0, 0.05) is 5.03 Å². The van der Waals surface area contributed by atoms with Crippen molar-refractivity contribution >= 4 is 22.9 Å². The van der Waals surface area contributed by atoms with Gasteiger partial charge in [0.05, 0.1) is 6.54 Å². The van der Waals surface area contributed by atoms with Crippen LogP contribution < -0.4 is 4.80 Å². The lowest BCUT2D eigenvalue weighted by atomic mass is 10.5. The maximum absolute atomic E-state index is 7.51. The molecule has 0 amide bonds. The average Bonchev–Trinajstić information content (AvgIpc) is 2.31. The smallest absolute Gasteiger partial charge is 0.200 e. The molecule has 1 aromatic heterocycles. The highest BCUT2D eigenvalue weighted by molar-refractivity contribution is 7.08. The van der Waals surface area contributed by atoms with Gasteiger partial charge in [-0.05, 0) is 6.42 Å². The Kier molecular flexibility index (Phi) is 3.05. The zero-order chi connectivity index (χ0) is 9.14. The molecule has 0 spiro atoms. The highest BCUT2D eigenvalue weighted by atomic mass is 35.5. The Labute approximate surface area is 79.8 Å². The number of nitrogens with zero attached hydrogens (tertiary/aromatic N) is 2. The van der Waals surface area contributed by atoms with Crippen molar-refractivity contribution in [1.82, 2.24) is 9.78 Å². The third kappa shape index (κ3) is 2.19. The van der Waals surface area contributed by atoms with Crippen LogP contribution in [0.1, 0.15) is 11.9 Å². The molecule has 3 nitrogen and oxygen atoms in total. The van der Waals surface area contributed by atoms with Crippen molar-refractivity contribution in [2.45, 2.75) is 19.9 Å². The summed E-state index contributed by atoms with van der Waals surface area (Å²) >= 11 is 6.98. The summed E-state index contributed by atoms with van der Waals surface area (Å²) in [7, 11) is 0. The minimum Gasteiger partial charge on any atom is -0.274 e. The highest BCUT2D eigenvalue weighted by Gasteiger charge is 2.01. The fourth-order valence-electron chi connectivity index (χ4n) is 0.777. The topological polar surface area (TPSA) is 41.7 Å². The molecular formula is C7H10ClN3S. The van der Waals surface area contributed by atoms with Crippen LogP contribution in [0.3, 0.4) is 0 Å². The van der Waals surface area contributed by atoms with Crippen molar-refractivity contribution in [2.24, 2.45) is 0 Å². The Balaban J connectivity index is 2.92. The summed E-state index contributed by atoms with van der Waals surface area (Å²) in [6.45, 7) is 5.99. The van der Waals surface area contributed by atoms with E-state index in [1.54, 1.807) is 4.68 Å². The molecule has 0 aliphatic carbocycles. The van der Waals surface area contributed by atoms with Crippen LogP contribution in [0.2, 0.25) is 0 Å². The molecule has 0 saturated heterocycles. The quantitative estimate of drug-likeness (QED) is 0.799. The molecule has 12 heavy (non-hydrogen) atoms. The Morgan fingerprint density at radius 1 is 1.83 bits per heavy atom. The second kappa shape index (κ2) is 3.87. The molecule has 0 unspecified atom stereocenters. The molecule has 0 aliphatic rings. The van der Waals surface area contributed by atoms with E-state index in [-0.39, 0.29) is 0 Å². The van der Waals surface area contributed by atoms with Gasteiger partial charge in [-0.2, -0.15) is 5.10 Å². The Morgan fingerprint density at radius 2 is 2.50 bits per heavy atom. The van der Waals surface area contributed by atoms with Crippen LogP contribution in [0.15, 0.2) is 11.6 Å². The Bertz CT molecular complexity index is 339. The van der Waals surface area contributed by atoms with Gasteiger partial charge in [-0.25, -0.2) is 4.68 Å². The zero-order valence-corrected chi connectivity index (χ0v) is 8.37. The lowest BCUT2D eigenvalue weighted by molar-refractivity contribution is 0.645. The molecule has 0 atom stereocenters. The molecule has 1 N–H and O–H groups in total. The number of halogens is 1. The summed E-state index contributed by atoms with van der Waals surface area (Å²) in [5, 5.41) is 13.1. The van der Waals surface area contributed by atoms with E-state index in [9.17, 15) is 0 Å². The first-order chi connectivity index (χ1) is 5.63. The number of allylic oxidation sites excluding steroid dienone is 1. The predicted molar refractivity (Wildman–Crippen MR) is 50.3 cm³/mol. The lowest BCUT2D eigenvalue weighted by Gasteiger charge is -1.95. The van der Waals surface area contributed by atoms with E-state index in [1.165, 1.54) is 11.3 Å². The standard InChI is InChI=1S/C7H10ClN3S/c1-3-6-10-11(4-5(2)8)7(9)12-6/h9H,2-4H2,1H3. The maximum Gasteiger partial charge on any atom is 0.200 e. The van der Waals surface area contributed by atoms with Crippen molar-refractivity contribution in [3.8, 4) is 0 Å². The predicted octanol–water partition coefficient (Wildman–Crippen LogP) is 1.74. The van der Waals surface area contributed by atoms with Crippen LogP contribution in [0.25, 0.3) is 0 Å². The normalized spacial score (nSPS) is 10.2. The van der Waals surface area contributed by atoms with Crippen molar-refractivity contribution < 1.29 is 0 Å². The minimum absolute atomic E-state index is 0.425. The average molecular weight is 204 g/mol. The fraction of sp³-hybridized carbons (Fsp3) is 0.429. The van der Waals surface area contributed by atoms with Gasteiger partial charge in [-0.1, -0.05) is 36.4 Å². The number of aromatic nitrogens is 2. The number of hydrogen-bond donors (Lipinski definition) is 1. The van der Waals surface area contributed by atoms with Crippen LogP contribution in [-0.2, 0) is 13.0 Å². The van der Waals surface area contributed by atoms with Crippen LogP contribution in [-0.4, -0.2) is 9.78 Å². The molecule has 0 fully saturated rings. The van der Waals surface area contributed by atoms with Gasteiger partial charge < -0.3 is 0 Å². The molecule has 66 valence electrons. The van der Waals surface area contributed by atoms with E-state index in [0.29, 0.717) is 16.4 Å². The molecule has 0 saturated carbocycles. The van der Waals surface area contributed by atoms with E-state index in [4.69, 9.17) is 17.0 Å². The molecule has 5 heteroatoms. The first kappa shape index (κ1) is 9.48. The third-order valence-corrected chi connectivity index (χ3v) is 2.43. The van der Waals surface area contributed by atoms with Crippen LogP contribution in [0.5, 0.6) is 0 Å².